The number of hydrogen-bond acceptors (Lipinski definition) is 2. The fraction of sp³-hybridized carbons (Fsp3) is 0.750. The summed E-state index contributed by atoms with van der Waals surface area (Å²) in [7, 11) is 0. The molecule has 0 bridgehead atoms. The van der Waals surface area contributed by atoms with Crippen molar-refractivity contribution in [1.29, 1.82) is 0 Å². The lowest BCUT2D eigenvalue weighted by molar-refractivity contribution is 0.246. The van der Waals surface area contributed by atoms with Crippen LogP contribution in [0.2, 0.25) is 4.34 Å². The standard InChI is InChI=1S/C16H26ClNS/c1-2-12-18-13-11-16(8-3-4-9-16)10-7-14-5-6-15(17)19-14/h5-6,18H,2-4,7-13H2,1H3. The van der Waals surface area contributed by atoms with Crippen molar-refractivity contribution < 1.29 is 0 Å². The summed E-state index contributed by atoms with van der Waals surface area (Å²) < 4.78 is 0.931. The minimum Gasteiger partial charge on any atom is -0.317 e. The summed E-state index contributed by atoms with van der Waals surface area (Å²) in [5, 5.41) is 3.57. The van der Waals surface area contributed by atoms with E-state index in [2.05, 4.69) is 18.3 Å². The molecular weight excluding hydrogens is 274 g/mol. The van der Waals surface area contributed by atoms with Gasteiger partial charge in [-0.1, -0.05) is 31.4 Å². The van der Waals surface area contributed by atoms with Gasteiger partial charge < -0.3 is 5.32 Å². The first-order valence-corrected chi connectivity index (χ1v) is 8.88. The molecule has 0 aliphatic heterocycles. The second-order valence-electron chi connectivity index (χ2n) is 5.91. The molecule has 0 spiro atoms. The van der Waals surface area contributed by atoms with Crippen LogP contribution in [0, 0.1) is 5.41 Å². The Kier molecular flexibility index (Phi) is 6.18. The summed E-state index contributed by atoms with van der Waals surface area (Å²) in [5.41, 5.74) is 0.608. The van der Waals surface area contributed by atoms with E-state index in [-0.39, 0.29) is 0 Å². The highest BCUT2D eigenvalue weighted by molar-refractivity contribution is 7.16. The molecule has 1 fully saturated rings. The fourth-order valence-electron chi connectivity index (χ4n) is 3.28. The van der Waals surface area contributed by atoms with E-state index in [1.807, 2.05) is 6.07 Å². The van der Waals surface area contributed by atoms with Crippen LogP contribution >= 0.6 is 22.9 Å². The SMILES string of the molecule is CCCNCCC1(CCc2ccc(Cl)s2)CCCC1. The molecule has 2 rings (SSSR count). The molecule has 19 heavy (non-hydrogen) atoms. The van der Waals surface area contributed by atoms with E-state index in [1.54, 1.807) is 11.3 Å². The van der Waals surface area contributed by atoms with E-state index in [4.69, 9.17) is 11.6 Å². The van der Waals surface area contributed by atoms with E-state index in [1.165, 1.54) is 62.8 Å². The summed E-state index contributed by atoms with van der Waals surface area (Å²) >= 11 is 7.77. The van der Waals surface area contributed by atoms with Gasteiger partial charge in [-0.25, -0.2) is 0 Å². The molecule has 0 aromatic carbocycles. The Hall–Kier alpha value is -0.0500. The minimum absolute atomic E-state index is 0.608. The van der Waals surface area contributed by atoms with Crippen molar-refractivity contribution in [3.63, 3.8) is 0 Å². The van der Waals surface area contributed by atoms with E-state index in [9.17, 15) is 0 Å². The van der Waals surface area contributed by atoms with Gasteiger partial charge in [0.05, 0.1) is 4.34 Å². The smallest absolute Gasteiger partial charge is 0.0931 e. The highest BCUT2D eigenvalue weighted by atomic mass is 35.5. The van der Waals surface area contributed by atoms with Gasteiger partial charge in [0.15, 0.2) is 0 Å². The number of aryl methyl sites for hydroxylation is 1. The molecule has 1 nitrogen and oxygen atoms in total. The molecule has 0 atom stereocenters. The van der Waals surface area contributed by atoms with E-state index in [0.717, 1.165) is 10.9 Å². The van der Waals surface area contributed by atoms with Gasteiger partial charge in [-0.15, -0.1) is 11.3 Å². The van der Waals surface area contributed by atoms with Gasteiger partial charge in [0, 0.05) is 4.88 Å². The van der Waals surface area contributed by atoms with Crippen LogP contribution in [-0.2, 0) is 6.42 Å². The Bertz CT molecular complexity index is 369. The fourth-order valence-corrected chi connectivity index (χ4v) is 4.37. The third-order valence-corrected chi connectivity index (χ3v) is 5.74. The zero-order valence-electron chi connectivity index (χ0n) is 12.0. The first kappa shape index (κ1) is 15.3. The maximum Gasteiger partial charge on any atom is 0.0931 e. The Labute approximate surface area is 126 Å². The average molecular weight is 300 g/mol. The molecule has 0 unspecified atom stereocenters. The van der Waals surface area contributed by atoms with Crippen molar-refractivity contribution in [2.24, 2.45) is 5.41 Å². The number of halogens is 1. The van der Waals surface area contributed by atoms with Gasteiger partial charge in [-0.2, -0.15) is 0 Å². The lowest BCUT2D eigenvalue weighted by atomic mass is 9.78. The predicted octanol–water partition coefficient (Wildman–Crippen LogP) is 5.28. The topological polar surface area (TPSA) is 12.0 Å². The molecule has 1 aromatic rings. The average Bonchev–Trinajstić information content (AvgIpc) is 3.02. The highest BCUT2D eigenvalue weighted by Gasteiger charge is 2.32. The number of nitrogens with one attached hydrogen (secondary N) is 1. The lowest BCUT2D eigenvalue weighted by Gasteiger charge is -2.29. The highest BCUT2D eigenvalue weighted by Crippen LogP contribution is 2.45. The van der Waals surface area contributed by atoms with E-state index in [0.29, 0.717) is 5.41 Å². The van der Waals surface area contributed by atoms with Gasteiger partial charge >= 0.3 is 0 Å². The monoisotopic (exact) mass is 299 g/mol. The molecule has 0 radical (unpaired) electrons. The third kappa shape index (κ3) is 4.77. The molecule has 0 saturated heterocycles. The van der Waals surface area contributed by atoms with Gasteiger partial charge in [0.1, 0.15) is 0 Å². The van der Waals surface area contributed by atoms with Crippen LogP contribution in [0.25, 0.3) is 0 Å². The Morgan fingerprint density at radius 2 is 2.00 bits per heavy atom. The zero-order valence-corrected chi connectivity index (χ0v) is 13.6. The first-order valence-electron chi connectivity index (χ1n) is 7.69. The second-order valence-corrected chi connectivity index (χ2v) is 7.71. The summed E-state index contributed by atoms with van der Waals surface area (Å²) in [5.74, 6) is 0. The van der Waals surface area contributed by atoms with Crippen molar-refractivity contribution >= 4 is 22.9 Å². The molecule has 1 heterocycles. The number of rotatable bonds is 8. The van der Waals surface area contributed by atoms with Crippen molar-refractivity contribution in [2.45, 2.75) is 58.3 Å². The van der Waals surface area contributed by atoms with E-state index >= 15 is 0 Å². The van der Waals surface area contributed by atoms with Crippen molar-refractivity contribution in [3.05, 3.63) is 21.3 Å². The predicted molar refractivity (Wildman–Crippen MR) is 86.3 cm³/mol. The van der Waals surface area contributed by atoms with Crippen LogP contribution in [0.5, 0.6) is 0 Å². The molecule has 1 saturated carbocycles. The van der Waals surface area contributed by atoms with Crippen LogP contribution in [-0.4, -0.2) is 13.1 Å². The Morgan fingerprint density at radius 3 is 2.63 bits per heavy atom. The van der Waals surface area contributed by atoms with Crippen LogP contribution in [0.15, 0.2) is 12.1 Å². The molecule has 1 N–H and O–H groups in total. The molecule has 108 valence electrons. The Morgan fingerprint density at radius 1 is 1.21 bits per heavy atom. The van der Waals surface area contributed by atoms with Crippen LogP contribution < -0.4 is 5.32 Å². The molecule has 3 heteroatoms. The zero-order chi connectivity index (χ0) is 13.6. The van der Waals surface area contributed by atoms with Crippen molar-refractivity contribution in [3.8, 4) is 0 Å². The van der Waals surface area contributed by atoms with E-state index < -0.39 is 0 Å². The van der Waals surface area contributed by atoms with Gasteiger partial charge in [0.25, 0.3) is 0 Å². The van der Waals surface area contributed by atoms with Crippen LogP contribution in [0.1, 0.15) is 56.7 Å². The van der Waals surface area contributed by atoms with Crippen molar-refractivity contribution in [1.82, 2.24) is 5.32 Å². The third-order valence-electron chi connectivity index (χ3n) is 4.45. The molecule has 1 aliphatic rings. The molecule has 1 aromatic heterocycles. The van der Waals surface area contributed by atoms with Crippen LogP contribution in [0.4, 0.5) is 0 Å². The second kappa shape index (κ2) is 7.66. The Balaban J connectivity index is 1.81. The maximum atomic E-state index is 6.02. The van der Waals surface area contributed by atoms with Gasteiger partial charge in [0.2, 0.25) is 0 Å². The maximum absolute atomic E-state index is 6.02. The summed E-state index contributed by atoms with van der Waals surface area (Å²) in [6.45, 7) is 4.59. The van der Waals surface area contributed by atoms with Gasteiger partial charge in [-0.3, -0.25) is 0 Å². The summed E-state index contributed by atoms with van der Waals surface area (Å²) in [6, 6.07) is 4.23. The normalized spacial score (nSPS) is 18.0. The number of thiophene rings is 1. The summed E-state index contributed by atoms with van der Waals surface area (Å²) in [4.78, 5) is 1.46. The quantitative estimate of drug-likeness (QED) is 0.644. The number of hydrogen-bond donors (Lipinski definition) is 1. The summed E-state index contributed by atoms with van der Waals surface area (Å²) in [6.07, 6.45) is 10.9. The largest absolute Gasteiger partial charge is 0.317 e. The van der Waals surface area contributed by atoms with Gasteiger partial charge in [-0.05, 0) is 69.2 Å². The van der Waals surface area contributed by atoms with Crippen molar-refractivity contribution in [2.75, 3.05) is 13.1 Å². The van der Waals surface area contributed by atoms with Crippen LogP contribution in [0.3, 0.4) is 0 Å². The molecular formula is C16H26ClNS. The molecule has 0 amide bonds. The first-order chi connectivity index (χ1) is 9.24. The minimum atomic E-state index is 0.608. The lowest BCUT2D eigenvalue weighted by Crippen LogP contribution is -2.25. The molecule has 1 aliphatic carbocycles.